The second-order valence-corrected chi connectivity index (χ2v) is 8.05. The number of nitrogens with zero attached hydrogens (tertiary/aromatic N) is 1. The summed E-state index contributed by atoms with van der Waals surface area (Å²) in [5.74, 6) is -2.25. The Hall–Kier alpha value is -2.90. The molecule has 0 fully saturated rings. The van der Waals surface area contributed by atoms with Crippen LogP contribution in [0.4, 0.5) is 5.69 Å². The third-order valence-corrected chi connectivity index (χ3v) is 6.17. The molecule has 2 aliphatic rings. The van der Waals surface area contributed by atoms with E-state index in [0.717, 1.165) is 11.1 Å². The predicted octanol–water partition coefficient (Wildman–Crippen LogP) is 1.40. The predicted molar refractivity (Wildman–Crippen MR) is 111 cm³/mol. The van der Waals surface area contributed by atoms with Gasteiger partial charge in [0.15, 0.2) is 0 Å². The summed E-state index contributed by atoms with van der Waals surface area (Å²) in [6, 6.07) is 3.07. The van der Waals surface area contributed by atoms with Crippen molar-refractivity contribution in [2.24, 2.45) is 5.92 Å². The van der Waals surface area contributed by atoms with Crippen molar-refractivity contribution in [3.05, 3.63) is 29.3 Å². The maximum atomic E-state index is 13.3. The van der Waals surface area contributed by atoms with Gasteiger partial charge < -0.3 is 15.7 Å². The molecule has 0 spiro atoms. The Bertz CT molecular complexity index is 864. The molecule has 3 amide bonds. The number of carbonyl (C=O) groups excluding carboxylic acids is 3. The van der Waals surface area contributed by atoms with Crippen molar-refractivity contribution in [3.8, 4) is 0 Å². The van der Waals surface area contributed by atoms with E-state index in [2.05, 4.69) is 10.6 Å². The number of aliphatic carboxylic acids is 1. The summed E-state index contributed by atoms with van der Waals surface area (Å²) in [5.41, 5.74) is 2.43. The van der Waals surface area contributed by atoms with E-state index in [1.807, 2.05) is 32.0 Å². The second kappa shape index (κ2) is 8.85. The van der Waals surface area contributed by atoms with Gasteiger partial charge in [0.25, 0.3) is 0 Å². The molecule has 162 valence electrons. The maximum Gasteiger partial charge on any atom is 0.327 e. The number of carboxylic acids is 1. The Morgan fingerprint density at radius 3 is 2.47 bits per heavy atom. The first-order chi connectivity index (χ1) is 14.3. The van der Waals surface area contributed by atoms with Gasteiger partial charge in [-0.2, -0.15) is 0 Å². The van der Waals surface area contributed by atoms with Crippen LogP contribution in [-0.2, 0) is 32.0 Å². The molecule has 0 saturated carbocycles. The van der Waals surface area contributed by atoms with E-state index in [1.165, 1.54) is 11.8 Å². The molecular formula is C22H29N3O5. The number of nitrogens with one attached hydrogen (secondary N) is 2. The zero-order chi connectivity index (χ0) is 22.0. The number of para-hydroxylation sites is 1. The second-order valence-electron chi connectivity index (χ2n) is 8.05. The molecule has 0 saturated heterocycles. The van der Waals surface area contributed by atoms with Crippen LogP contribution in [0.2, 0.25) is 0 Å². The van der Waals surface area contributed by atoms with Gasteiger partial charge in [-0.15, -0.1) is 0 Å². The lowest BCUT2D eigenvalue weighted by Gasteiger charge is -2.29. The largest absolute Gasteiger partial charge is 0.480 e. The standard InChI is InChI=1S/C22H29N3O5/c1-4-13(5-2)18(23-12(3)26)20(27)24-16-10-9-14-7-6-8-15-11-17(22(29)30)25(19(14)15)21(16)28/h6-8,13,16-18H,4-5,9-11H2,1-3H3,(H,23,26)(H,24,27)(H,29,30)/t16-,17-,18-/m0/s1. The van der Waals surface area contributed by atoms with Crippen molar-refractivity contribution in [2.75, 3.05) is 4.90 Å². The molecule has 1 aromatic carbocycles. The Morgan fingerprint density at radius 1 is 1.20 bits per heavy atom. The molecule has 0 radical (unpaired) electrons. The number of anilines is 1. The lowest BCUT2D eigenvalue weighted by atomic mass is 9.93. The average molecular weight is 415 g/mol. The van der Waals surface area contributed by atoms with E-state index in [4.69, 9.17) is 0 Å². The summed E-state index contributed by atoms with van der Waals surface area (Å²) in [4.78, 5) is 51.2. The van der Waals surface area contributed by atoms with Gasteiger partial charge in [0.2, 0.25) is 17.7 Å². The molecule has 2 aliphatic heterocycles. The van der Waals surface area contributed by atoms with Crippen molar-refractivity contribution in [3.63, 3.8) is 0 Å². The van der Waals surface area contributed by atoms with Gasteiger partial charge in [0, 0.05) is 13.3 Å². The molecule has 2 heterocycles. The number of amides is 3. The third kappa shape index (κ3) is 4.04. The van der Waals surface area contributed by atoms with Crippen molar-refractivity contribution < 1.29 is 24.3 Å². The molecule has 3 rings (SSSR count). The highest BCUT2D eigenvalue weighted by atomic mass is 16.4. The Labute approximate surface area is 176 Å². The van der Waals surface area contributed by atoms with Gasteiger partial charge >= 0.3 is 5.97 Å². The summed E-state index contributed by atoms with van der Waals surface area (Å²) < 4.78 is 0. The zero-order valence-electron chi connectivity index (χ0n) is 17.6. The summed E-state index contributed by atoms with van der Waals surface area (Å²) in [6.07, 6.45) is 2.59. The fourth-order valence-corrected chi connectivity index (χ4v) is 4.60. The molecular weight excluding hydrogens is 386 g/mol. The van der Waals surface area contributed by atoms with E-state index in [9.17, 15) is 24.3 Å². The van der Waals surface area contributed by atoms with Crippen LogP contribution in [0, 0.1) is 5.92 Å². The normalized spacial score (nSPS) is 21.1. The Balaban J connectivity index is 1.87. The van der Waals surface area contributed by atoms with E-state index >= 15 is 0 Å². The molecule has 0 bridgehead atoms. The lowest BCUT2D eigenvalue weighted by Crippen LogP contribution is -2.57. The van der Waals surface area contributed by atoms with E-state index in [-0.39, 0.29) is 18.2 Å². The van der Waals surface area contributed by atoms with Crippen molar-refractivity contribution in [2.45, 2.75) is 71.0 Å². The summed E-state index contributed by atoms with van der Waals surface area (Å²) >= 11 is 0. The fourth-order valence-electron chi connectivity index (χ4n) is 4.60. The highest BCUT2D eigenvalue weighted by Gasteiger charge is 2.44. The molecule has 8 heteroatoms. The van der Waals surface area contributed by atoms with E-state index in [0.29, 0.717) is 31.4 Å². The fraction of sp³-hybridized carbons (Fsp3) is 0.545. The molecule has 0 aromatic heterocycles. The number of aryl methyl sites for hydroxylation is 1. The van der Waals surface area contributed by atoms with Crippen LogP contribution < -0.4 is 15.5 Å². The van der Waals surface area contributed by atoms with Gasteiger partial charge in [0.1, 0.15) is 18.1 Å². The quantitative estimate of drug-likeness (QED) is 0.623. The lowest BCUT2D eigenvalue weighted by molar-refractivity contribution is -0.140. The molecule has 1 aromatic rings. The molecule has 30 heavy (non-hydrogen) atoms. The molecule has 3 atom stereocenters. The average Bonchev–Trinajstić information content (AvgIpc) is 3.04. The van der Waals surface area contributed by atoms with Crippen LogP contribution in [0.3, 0.4) is 0 Å². The van der Waals surface area contributed by atoms with Crippen LogP contribution in [0.5, 0.6) is 0 Å². The highest BCUT2D eigenvalue weighted by molar-refractivity contribution is 6.07. The van der Waals surface area contributed by atoms with Gasteiger partial charge in [-0.1, -0.05) is 44.9 Å². The van der Waals surface area contributed by atoms with Crippen LogP contribution in [0.15, 0.2) is 18.2 Å². The van der Waals surface area contributed by atoms with Crippen LogP contribution in [0.1, 0.15) is 51.2 Å². The van der Waals surface area contributed by atoms with E-state index < -0.39 is 35.9 Å². The first-order valence-electron chi connectivity index (χ1n) is 10.5. The zero-order valence-corrected chi connectivity index (χ0v) is 17.6. The number of rotatable bonds is 7. The summed E-state index contributed by atoms with van der Waals surface area (Å²) in [7, 11) is 0. The SMILES string of the molecule is CCC(CC)[C@H](NC(C)=O)C(=O)N[C@H]1CCc2cccc3c2N(C1=O)[C@H](C(=O)O)C3. The number of benzene rings is 1. The van der Waals surface area contributed by atoms with E-state index in [1.54, 1.807) is 0 Å². The Morgan fingerprint density at radius 2 is 1.87 bits per heavy atom. The maximum absolute atomic E-state index is 13.3. The van der Waals surface area contributed by atoms with Gasteiger partial charge in [0.05, 0.1) is 5.69 Å². The molecule has 0 unspecified atom stereocenters. The van der Waals surface area contributed by atoms with Crippen molar-refractivity contribution in [1.29, 1.82) is 0 Å². The smallest absolute Gasteiger partial charge is 0.327 e. The van der Waals surface area contributed by atoms with Crippen molar-refractivity contribution in [1.82, 2.24) is 10.6 Å². The molecule has 3 N–H and O–H groups in total. The summed E-state index contributed by atoms with van der Waals surface area (Å²) in [6.45, 7) is 5.26. The number of hydrogen-bond donors (Lipinski definition) is 3. The highest BCUT2D eigenvalue weighted by Crippen LogP contribution is 2.39. The monoisotopic (exact) mass is 415 g/mol. The minimum atomic E-state index is -1.06. The van der Waals surface area contributed by atoms with Gasteiger partial charge in [-0.25, -0.2) is 4.79 Å². The number of hydrogen-bond acceptors (Lipinski definition) is 4. The summed E-state index contributed by atoms with van der Waals surface area (Å²) in [5, 5.41) is 15.2. The van der Waals surface area contributed by atoms with Crippen LogP contribution >= 0.6 is 0 Å². The van der Waals surface area contributed by atoms with Crippen LogP contribution in [-0.4, -0.2) is 46.9 Å². The Kier molecular flexibility index (Phi) is 6.43. The van der Waals surface area contributed by atoms with Gasteiger partial charge in [-0.3, -0.25) is 19.3 Å². The topological polar surface area (TPSA) is 116 Å². The molecule has 8 nitrogen and oxygen atoms in total. The number of carboxylic acid groups (broad SMARTS) is 1. The van der Waals surface area contributed by atoms with Crippen LogP contribution in [0.25, 0.3) is 0 Å². The number of carbonyl (C=O) groups is 4. The van der Waals surface area contributed by atoms with Crippen molar-refractivity contribution >= 4 is 29.4 Å². The van der Waals surface area contributed by atoms with Gasteiger partial charge in [-0.05, 0) is 29.9 Å². The minimum absolute atomic E-state index is 0.0582. The minimum Gasteiger partial charge on any atom is -0.480 e. The molecule has 0 aliphatic carbocycles. The third-order valence-electron chi connectivity index (χ3n) is 6.17. The first-order valence-corrected chi connectivity index (χ1v) is 10.5. The first kappa shape index (κ1) is 21.8.